The second-order valence-electron chi connectivity index (χ2n) is 4.61. The van der Waals surface area contributed by atoms with Gasteiger partial charge < -0.3 is 15.2 Å². The number of carboxylic acids is 1. The van der Waals surface area contributed by atoms with Crippen molar-refractivity contribution in [2.75, 3.05) is 13.2 Å². The Morgan fingerprint density at radius 3 is 2.80 bits per heavy atom. The fourth-order valence-electron chi connectivity index (χ4n) is 2.14. The summed E-state index contributed by atoms with van der Waals surface area (Å²) in [6.45, 7) is 3.14. The van der Waals surface area contributed by atoms with Gasteiger partial charge in [0.2, 0.25) is 0 Å². The van der Waals surface area contributed by atoms with Gasteiger partial charge in [0.1, 0.15) is 5.75 Å². The SMILES string of the molecule is CCCOc1ccc2ccccc2c1CNCC(=O)O. The summed E-state index contributed by atoms with van der Waals surface area (Å²) in [5.74, 6) is -0.0373. The van der Waals surface area contributed by atoms with Crippen LogP contribution in [0.25, 0.3) is 10.8 Å². The Bertz CT molecular complexity index is 595. The zero-order chi connectivity index (χ0) is 14.4. The second-order valence-corrected chi connectivity index (χ2v) is 4.61. The molecular formula is C16H19NO3. The first-order valence-electron chi connectivity index (χ1n) is 6.78. The summed E-state index contributed by atoms with van der Waals surface area (Å²) in [5.41, 5.74) is 1.01. The third-order valence-electron chi connectivity index (χ3n) is 3.04. The van der Waals surface area contributed by atoms with Crippen molar-refractivity contribution < 1.29 is 14.6 Å². The molecular weight excluding hydrogens is 254 g/mol. The quantitative estimate of drug-likeness (QED) is 0.814. The Hall–Kier alpha value is -2.07. The van der Waals surface area contributed by atoms with Crippen molar-refractivity contribution in [3.05, 3.63) is 42.0 Å². The average molecular weight is 273 g/mol. The van der Waals surface area contributed by atoms with Gasteiger partial charge in [-0.1, -0.05) is 37.3 Å². The molecule has 2 rings (SSSR count). The van der Waals surface area contributed by atoms with E-state index in [1.165, 1.54) is 0 Å². The maximum atomic E-state index is 10.6. The number of rotatable bonds is 7. The first-order chi connectivity index (χ1) is 9.72. The molecule has 4 nitrogen and oxygen atoms in total. The number of carbonyl (C=O) groups is 1. The van der Waals surface area contributed by atoms with Crippen LogP contribution in [-0.2, 0) is 11.3 Å². The zero-order valence-corrected chi connectivity index (χ0v) is 11.6. The smallest absolute Gasteiger partial charge is 0.317 e. The predicted molar refractivity (Wildman–Crippen MR) is 79.1 cm³/mol. The van der Waals surface area contributed by atoms with Crippen LogP contribution >= 0.6 is 0 Å². The molecule has 0 aliphatic carbocycles. The number of benzene rings is 2. The molecule has 4 heteroatoms. The lowest BCUT2D eigenvalue weighted by Gasteiger charge is -2.14. The largest absolute Gasteiger partial charge is 0.493 e. The summed E-state index contributed by atoms with van der Waals surface area (Å²) in [6.07, 6.45) is 0.939. The first kappa shape index (κ1) is 14.3. The van der Waals surface area contributed by atoms with Crippen molar-refractivity contribution in [1.82, 2.24) is 5.32 Å². The molecule has 0 aliphatic rings. The summed E-state index contributed by atoms with van der Waals surface area (Å²) >= 11 is 0. The number of hydrogen-bond acceptors (Lipinski definition) is 3. The molecule has 0 aliphatic heterocycles. The standard InChI is InChI=1S/C16H19NO3/c1-2-9-20-15-8-7-12-5-3-4-6-13(12)14(15)10-17-11-16(18)19/h3-8,17H,2,9-11H2,1H3,(H,18,19). The molecule has 0 unspecified atom stereocenters. The highest BCUT2D eigenvalue weighted by Gasteiger charge is 2.09. The summed E-state index contributed by atoms with van der Waals surface area (Å²) in [4.78, 5) is 10.6. The Morgan fingerprint density at radius 1 is 1.25 bits per heavy atom. The van der Waals surface area contributed by atoms with Crippen LogP contribution in [0.1, 0.15) is 18.9 Å². The van der Waals surface area contributed by atoms with Crippen LogP contribution in [0.4, 0.5) is 0 Å². The number of ether oxygens (including phenoxy) is 1. The van der Waals surface area contributed by atoms with Gasteiger partial charge in [0.25, 0.3) is 0 Å². The van der Waals surface area contributed by atoms with E-state index < -0.39 is 5.97 Å². The number of hydrogen-bond donors (Lipinski definition) is 2. The maximum absolute atomic E-state index is 10.6. The minimum absolute atomic E-state index is 0.0591. The van der Waals surface area contributed by atoms with Crippen molar-refractivity contribution in [2.24, 2.45) is 0 Å². The van der Waals surface area contributed by atoms with Gasteiger partial charge in [-0.05, 0) is 23.3 Å². The van der Waals surface area contributed by atoms with Crippen molar-refractivity contribution in [2.45, 2.75) is 19.9 Å². The summed E-state index contributed by atoms with van der Waals surface area (Å²) in [5, 5.41) is 13.9. The Labute approximate surface area is 118 Å². The highest BCUT2D eigenvalue weighted by molar-refractivity contribution is 5.87. The normalized spacial score (nSPS) is 10.7. The molecule has 0 amide bonds. The molecule has 2 aromatic rings. The van der Waals surface area contributed by atoms with Gasteiger partial charge in [-0.15, -0.1) is 0 Å². The van der Waals surface area contributed by atoms with E-state index in [0.29, 0.717) is 13.2 Å². The second kappa shape index (κ2) is 6.91. The minimum Gasteiger partial charge on any atom is -0.493 e. The molecule has 0 aromatic heterocycles. The molecule has 0 atom stereocenters. The molecule has 0 saturated carbocycles. The van der Waals surface area contributed by atoms with Crippen LogP contribution in [-0.4, -0.2) is 24.2 Å². The monoisotopic (exact) mass is 273 g/mol. The van der Waals surface area contributed by atoms with Crippen LogP contribution in [0.3, 0.4) is 0 Å². The first-order valence-corrected chi connectivity index (χ1v) is 6.78. The molecule has 0 saturated heterocycles. The van der Waals surface area contributed by atoms with Crippen molar-refractivity contribution in [1.29, 1.82) is 0 Å². The Balaban J connectivity index is 2.31. The van der Waals surface area contributed by atoms with E-state index in [2.05, 4.69) is 12.2 Å². The minimum atomic E-state index is -0.860. The Kier molecular flexibility index (Phi) is 4.96. The summed E-state index contributed by atoms with van der Waals surface area (Å²) in [6, 6.07) is 12.0. The van der Waals surface area contributed by atoms with Crippen LogP contribution in [0.5, 0.6) is 5.75 Å². The van der Waals surface area contributed by atoms with E-state index >= 15 is 0 Å². The van der Waals surface area contributed by atoms with E-state index in [1.54, 1.807) is 0 Å². The highest BCUT2D eigenvalue weighted by atomic mass is 16.5. The Morgan fingerprint density at radius 2 is 2.05 bits per heavy atom. The fourth-order valence-corrected chi connectivity index (χ4v) is 2.14. The van der Waals surface area contributed by atoms with Crippen LogP contribution in [0.15, 0.2) is 36.4 Å². The molecule has 0 radical (unpaired) electrons. The highest BCUT2D eigenvalue weighted by Crippen LogP contribution is 2.28. The number of aliphatic carboxylic acids is 1. The number of nitrogens with one attached hydrogen (secondary N) is 1. The molecule has 0 heterocycles. The maximum Gasteiger partial charge on any atom is 0.317 e. The van der Waals surface area contributed by atoms with E-state index in [9.17, 15) is 4.79 Å². The van der Waals surface area contributed by atoms with Gasteiger partial charge in [0.15, 0.2) is 0 Å². The molecule has 0 fully saturated rings. The molecule has 2 N–H and O–H groups in total. The lowest BCUT2D eigenvalue weighted by molar-refractivity contribution is -0.136. The van der Waals surface area contributed by atoms with Crippen LogP contribution in [0.2, 0.25) is 0 Å². The van der Waals surface area contributed by atoms with Gasteiger partial charge in [0, 0.05) is 12.1 Å². The number of carboxylic acid groups (broad SMARTS) is 1. The third-order valence-corrected chi connectivity index (χ3v) is 3.04. The zero-order valence-electron chi connectivity index (χ0n) is 11.6. The van der Waals surface area contributed by atoms with Crippen molar-refractivity contribution in [3.63, 3.8) is 0 Å². The van der Waals surface area contributed by atoms with E-state index in [4.69, 9.17) is 9.84 Å². The van der Waals surface area contributed by atoms with E-state index in [0.717, 1.165) is 28.5 Å². The summed E-state index contributed by atoms with van der Waals surface area (Å²) in [7, 11) is 0. The van der Waals surface area contributed by atoms with Gasteiger partial charge in [0.05, 0.1) is 13.2 Å². The topological polar surface area (TPSA) is 58.6 Å². The average Bonchev–Trinajstić information content (AvgIpc) is 2.45. The molecule has 0 bridgehead atoms. The van der Waals surface area contributed by atoms with Crippen molar-refractivity contribution in [3.8, 4) is 5.75 Å². The van der Waals surface area contributed by atoms with Gasteiger partial charge in [-0.3, -0.25) is 4.79 Å². The molecule has 20 heavy (non-hydrogen) atoms. The molecule has 106 valence electrons. The van der Waals surface area contributed by atoms with E-state index in [1.807, 2.05) is 36.4 Å². The fraction of sp³-hybridized carbons (Fsp3) is 0.312. The van der Waals surface area contributed by atoms with Gasteiger partial charge >= 0.3 is 5.97 Å². The number of fused-ring (bicyclic) bond motifs is 1. The predicted octanol–water partition coefficient (Wildman–Crippen LogP) is 2.80. The van der Waals surface area contributed by atoms with Gasteiger partial charge in [-0.25, -0.2) is 0 Å². The molecule has 2 aromatic carbocycles. The van der Waals surface area contributed by atoms with E-state index in [-0.39, 0.29) is 6.54 Å². The summed E-state index contributed by atoms with van der Waals surface area (Å²) < 4.78 is 5.76. The lowest BCUT2D eigenvalue weighted by Crippen LogP contribution is -2.22. The van der Waals surface area contributed by atoms with Gasteiger partial charge in [-0.2, -0.15) is 0 Å². The lowest BCUT2D eigenvalue weighted by atomic mass is 10.0. The third kappa shape index (κ3) is 3.48. The van der Waals surface area contributed by atoms with Crippen LogP contribution < -0.4 is 10.1 Å². The molecule has 0 spiro atoms. The van der Waals surface area contributed by atoms with Crippen LogP contribution in [0, 0.1) is 0 Å². The van der Waals surface area contributed by atoms with Crippen molar-refractivity contribution >= 4 is 16.7 Å².